The van der Waals surface area contributed by atoms with E-state index in [0.29, 0.717) is 25.7 Å². The van der Waals surface area contributed by atoms with Gasteiger partial charge in [0.05, 0.1) is 19.8 Å². The predicted molar refractivity (Wildman–Crippen MR) is 306 cm³/mol. The van der Waals surface area contributed by atoms with E-state index in [9.17, 15) is 28.9 Å². The number of phosphoric ester groups is 1. The topological polar surface area (TPSA) is 155 Å². The zero-order chi connectivity index (χ0) is 54.1. The summed E-state index contributed by atoms with van der Waals surface area (Å²) in [6.07, 6.45) is 69.7. The first-order valence-corrected chi connectivity index (χ1v) is 29.2. The fraction of sp³-hybridized carbons (Fsp3) is 0.565. The van der Waals surface area contributed by atoms with Crippen molar-refractivity contribution in [3.8, 4) is 0 Å². The molecule has 0 amide bonds. The van der Waals surface area contributed by atoms with E-state index in [2.05, 4.69) is 154 Å². The first kappa shape index (κ1) is 69.4. The van der Waals surface area contributed by atoms with Crippen LogP contribution in [0.5, 0.6) is 0 Å². The first-order chi connectivity index (χ1) is 36.2. The largest absolute Gasteiger partial charge is 0.472 e. The van der Waals surface area contributed by atoms with E-state index >= 15 is 0 Å². The summed E-state index contributed by atoms with van der Waals surface area (Å²) in [5.74, 6) is -1.65. The third-order valence-corrected chi connectivity index (χ3v) is 11.7. The molecule has 0 spiro atoms. The molecule has 2 N–H and O–H groups in total. The molecule has 0 heterocycles. The van der Waals surface area contributed by atoms with Gasteiger partial charge in [-0.25, -0.2) is 4.57 Å². The van der Waals surface area contributed by atoms with Gasteiger partial charge in [-0.3, -0.25) is 23.4 Å². The van der Waals surface area contributed by atoms with Gasteiger partial charge in [0.2, 0.25) is 0 Å². The van der Waals surface area contributed by atoms with Crippen LogP contribution < -0.4 is 0 Å². The molecule has 0 fully saturated rings. The average molecular weight is 1050 g/mol. The molecule has 0 aliphatic carbocycles. The highest BCUT2D eigenvalue weighted by molar-refractivity contribution is 7.47. The summed E-state index contributed by atoms with van der Waals surface area (Å²) in [5.41, 5.74) is 0. The number of aliphatic hydroxyl groups is 1. The second-order valence-corrected chi connectivity index (χ2v) is 19.1. The lowest BCUT2D eigenvalue weighted by molar-refractivity contribution is -0.161. The summed E-state index contributed by atoms with van der Waals surface area (Å²) in [6, 6.07) is 0. The Morgan fingerprint density at radius 1 is 0.392 bits per heavy atom. The average Bonchev–Trinajstić information content (AvgIpc) is 3.39. The molecular formula is C62H97O11P. The number of hydrogen-bond acceptors (Lipinski definition) is 10. The van der Waals surface area contributed by atoms with Crippen LogP contribution in [-0.2, 0) is 42.2 Å². The number of rotatable bonds is 49. The molecule has 0 aromatic heterocycles. The summed E-state index contributed by atoms with van der Waals surface area (Å²) in [7, 11) is -4.79. The van der Waals surface area contributed by atoms with Crippen LogP contribution in [0.2, 0.25) is 0 Å². The highest BCUT2D eigenvalue weighted by Crippen LogP contribution is 2.43. The molecule has 0 aromatic rings. The standard InChI is InChI=1S/C62H97O11P/c1-4-7-10-13-16-19-22-25-27-28-29-30-32-35-38-41-44-47-50-53-62(66)73-59(55-69-60(64)51-48-45-42-39-36-33-24-21-18-15-12-9-6-3)57-71-74(67,68)70-56-58(54-63)72-61(65)52-49-46-43-40-37-34-31-26-23-20-17-14-11-8-5-2/h7-8,10-12,15-17,19-21,24-27,29-31,35,37-38,40,44,47,58-59,63H,4-6,9,13-14,18,22-23,28,32-34,36,39,41-43,45-46,48-57H2,1-3H3,(H,67,68)/b10-7-,11-8-,15-12-,19-16-,20-17-,24-21-,27-25-,30-29-,31-26-,38-35-,40-37-,47-44-. The van der Waals surface area contributed by atoms with Gasteiger partial charge in [0.25, 0.3) is 0 Å². The lowest BCUT2D eigenvalue weighted by Crippen LogP contribution is -2.30. The molecule has 74 heavy (non-hydrogen) atoms. The van der Waals surface area contributed by atoms with Crippen LogP contribution in [0.1, 0.15) is 188 Å². The summed E-state index contributed by atoms with van der Waals surface area (Å²) in [6.45, 7) is 4.16. The van der Waals surface area contributed by atoms with Crippen LogP contribution in [0.25, 0.3) is 0 Å². The van der Waals surface area contributed by atoms with E-state index in [1.165, 1.54) is 0 Å². The maximum Gasteiger partial charge on any atom is 0.472 e. The van der Waals surface area contributed by atoms with Crippen molar-refractivity contribution in [3.63, 3.8) is 0 Å². The third kappa shape index (κ3) is 52.2. The smallest absolute Gasteiger partial charge is 0.462 e. The number of unbranched alkanes of at least 4 members (excludes halogenated alkanes) is 8. The summed E-state index contributed by atoms with van der Waals surface area (Å²) < 4.78 is 39.3. The molecule has 0 saturated heterocycles. The first-order valence-electron chi connectivity index (χ1n) is 27.7. The maximum atomic E-state index is 12.9. The number of carbonyl (C=O) groups is 3. The number of esters is 3. The lowest BCUT2D eigenvalue weighted by atomic mass is 10.1. The van der Waals surface area contributed by atoms with Crippen LogP contribution in [0, 0.1) is 0 Å². The summed E-state index contributed by atoms with van der Waals surface area (Å²) >= 11 is 0. The van der Waals surface area contributed by atoms with Crippen LogP contribution in [-0.4, -0.2) is 66.5 Å². The molecule has 0 radical (unpaired) electrons. The Morgan fingerprint density at radius 2 is 0.730 bits per heavy atom. The number of phosphoric acid groups is 1. The number of allylic oxidation sites excluding steroid dienone is 24. The van der Waals surface area contributed by atoms with Crippen molar-refractivity contribution in [1.29, 1.82) is 0 Å². The van der Waals surface area contributed by atoms with Gasteiger partial charge in [0, 0.05) is 19.3 Å². The number of aliphatic hydroxyl groups excluding tert-OH is 1. The van der Waals surface area contributed by atoms with Crippen LogP contribution in [0.15, 0.2) is 146 Å². The van der Waals surface area contributed by atoms with Crippen molar-refractivity contribution >= 4 is 25.7 Å². The molecule has 0 saturated carbocycles. The van der Waals surface area contributed by atoms with Gasteiger partial charge in [-0.1, -0.05) is 192 Å². The molecule has 0 aliphatic rings. The van der Waals surface area contributed by atoms with Crippen LogP contribution in [0.4, 0.5) is 0 Å². The third-order valence-electron chi connectivity index (χ3n) is 10.7. The molecule has 0 rings (SSSR count). The minimum Gasteiger partial charge on any atom is -0.462 e. The fourth-order valence-corrected chi connectivity index (χ4v) is 7.37. The zero-order valence-electron chi connectivity index (χ0n) is 45.7. The van der Waals surface area contributed by atoms with Gasteiger partial charge in [0.1, 0.15) is 12.7 Å². The van der Waals surface area contributed by atoms with Crippen LogP contribution in [0.3, 0.4) is 0 Å². The Kier molecular flexibility index (Phi) is 51.2. The van der Waals surface area contributed by atoms with Crippen LogP contribution >= 0.6 is 7.82 Å². The Balaban J connectivity index is 4.92. The van der Waals surface area contributed by atoms with Gasteiger partial charge < -0.3 is 24.2 Å². The SMILES string of the molecule is CC/C=C\C/C=C\C/C=C\C/C=C\C/C=C\C/C=C\CCC(=O)OC(COC(=O)CCCCCCC/C=C\C/C=C\CCC)COP(=O)(O)OCC(CO)OC(=O)CCCC/C=C\C/C=C\C/C=C\C/C=C\CC. The second-order valence-electron chi connectivity index (χ2n) is 17.6. The Labute approximate surface area is 448 Å². The van der Waals surface area contributed by atoms with Crippen molar-refractivity contribution in [2.75, 3.05) is 26.4 Å². The minimum absolute atomic E-state index is 0.0275. The number of ether oxygens (including phenoxy) is 3. The number of carbonyl (C=O) groups excluding carboxylic acids is 3. The quantitative estimate of drug-likeness (QED) is 0.0197. The van der Waals surface area contributed by atoms with Crippen molar-refractivity contribution in [1.82, 2.24) is 0 Å². The molecular weight excluding hydrogens is 952 g/mol. The predicted octanol–water partition coefficient (Wildman–Crippen LogP) is 16.4. The lowest BCUT2D eigenvalue weighted by Gasteiger charge is -2.21. The van der Waals surface area contributed by atoms with E-state index in [1.807, 2.05) is 12.2 Å². The van der Waals surface area contributed by atoms with E-state index in [1.54, 1.807) is 0 Å². The minimum atomic E-state index is -4.79. The summed E-state index contributed by atoms with van der Waals surface area (Å²) in [4.78, 5) is 48.4. The zero-order valence-corrected chi connectivity index (χ0v) is 46.6. The van der Waals surface area contributed by atoms with Gasteiger partial charge in [0.15, 0.2) is 6.10 Å². The van der Waals surface area contributed by atoms with E-state index in [0.717, 1.165) is 122 Å². The van der Waals surface area contributed by atoms with Gasteiger partial charge in [-0.2, -0.15) is 0 Å². The van der Waals surface area contributed by atoms with Gasteiger partial charge in [-0.05, 0) is 122 Å². The molecule has 0 bridgehead atoms. The Bertz CT molecular complexity index is 1800. The van der Waals surface area contributed by atoms with E-state index in [-0.39, 0.29) is 25.9 Å². The van der Waals surface area contributed by atoms with Gasteiger partial charge in [-0.15, -0.1) is 0 Å². The van der Waals surface area contributed by atoms with Gasteiger partial charge >= 0.3 is 25.7 Å². The normalized spacial score (nSPS) is 14.5. The Hall–Kier alpha value is -4.64. The molecule has 0 aliphatic heterocycles. The Morgan fingerprint density at radius 3 is 1.19 bits per heavy atom. The molecule has 12 heteroatoms. The van der Waals surface area contributed by atoms with E-state index in [4.69, 9.17) is 23.3 Å². The highest BCUT2D eigenvalue weighted by atomic mass is 31.2. The second kappa shape index (κ2) is 54.6. The summed E-state index contributed by atoms with van der Waals surface area (Å²) in [5, 5.41) is 9.80. The maximum absolute atomic E-state index is 12.9. The molecule has 3 unspecified atom stereocenters. The van der Waals surface area contributed by atoms with Crippen molar-refractivity contribution < 1.29 is 52.2 Å². The van der Waals surface area contributed by atoms with Crippen molar-refractivity contribution in [3.05, 3.63) is 146 Å². The van der Waals surface area contributed by atoms with Crippen molar-refractivity contribution in [2.45, 2.75) is 200 Å². The monoisotopic (exact) mass is 1050 g/mol. The highest BCUT2D eigenvalue weighted by Gasteiger charge is 2.28. The van der Waals surface area contributed by atoms with E-state index < -0.39 is 57.8 Å². The molecule has 0 aromatic carbocycles. The molecule has 11 nitrogen and oxygen atoms in total. The fourth-order valence-electron chi connectivity index (χ4n) is 6.58. The number of hydrogen-bond donors (Lipinski definition) is 2. The molecule has 416 valence electrons. The molecule has 3 atom stereocenters. The van der Waals surface area contributed by atoms with Crippen molar-refractivity contribution in [2.24, 2.45) is 0 Å².